The molecule has 1 aromatic heterocycles. The third-order valence-electron chi connectivity index (χ3n) is 8.14. The first-order valence-corrected chi connectivity index (χ1v) is 14.3. The van der Waals surface area contributed by atoms with E-state index >= 15 is 0 Å². The third-order valence-corrected chi connectivity index (χ3v) is 9.14. The van der Waals surface area contributed by atoms with Crippen LogP contribution in [0.4, 0.5) is 5.69 Å². The number of carboxylic acids is 1. The molecule has 0 saturated heterocycles. The number of aromatic nitrogens is 1. The van der Waals surface area contributed by atoms with E-state index in [9.17, 15) is 19.5 Å². The van der Waals surface area contributed by atoms with Crippen LogP contribution in [0.2, 0.25) is 0 Å². The number of aliphatic carboxylic acids is 1. The van der Waals surface area contributed by atoms with Gasteiger partial charge in [0.15, 0.2) is 0 Å². The number of anilines is 1. The van der Waals surface area contributed by atoms with Crippen LogP contribution in [0.25, 0.3) is 10.4 Å². The lowest BCUT2D eigenvalue weighted by Crippen LogP contribution is -2.52. The van der Waals surface area contributed by atoms with Crippen molar-refractivity contribution in [2.75, 3.05) is 12.0 Å². The Balaban J connectivity index is 1.37. The highest BCUT2D eigenvalue weighted by atomic mass is 32.1. The van der Waals surface area contributed by atoms with Crippen molar-refractivity contribution in [1.29, 1.82) is 0 Å². The molecule has 2 amide bonds. The average Bonchev–Trinajstić information content (AvgIpc) is 3.45. The molecule has 1 aliphatic heterocycles. The zero-order valence-electron chi connectivity index (χ0n) is 21.8. The Morgan fingerprint density at radius 1 is 1.08 bits per heavy atom. The van der Waals surface area contributed by atoms with Gasteiger partial charge in [-0.05, 0) is 55.0 Å². The van der Waals surface area contributed by atoms with Crippen molar-refractivity contribution < 1.29 is 24.2 Å². The van der Waals surface area contributed by atoms with Gasteiger partial charge in [-0.25, -0.2) is 4.98 Å². The molecule has 3 aliphatic rings. The molecular formula is C30H31N3O5S. The van der Waals surface area contributed by atoms with E-state index in [1.54, 1.807) is 13.3 Å². The molecule has 0 bridgehead atoms. The average molecular weight is 546 g/mol. The highest BCUT2D eigenvalue weighted by Crippen LogP contribution is 2.53. The molecule has 0 radical (unpaired) electrons. The minimum Gasteiger partial charge on any atom is -0.481 e. The van der Waals surface area contributed by atoms with Crippen molar-refractivity contribution in [3.63, 3.8) is 0 Å². The Labute approximate surface area is 231 Å². The van der Waals surface area contributed by atoms with Crippen molar-refractivity contribution in [3.8, 4) is 15.6 Å². The van der Waals surface area contributed by atoms with Crippen molar-refractivity contribution >= 4 is 34.8 Å². The Hall–Kier alpha value is -3.72. The number of fused-ring (bicyclic) bond motifs is 2. The molecule has 3 unspecified atom stereocenters. The summed E-state index contributed by atoms with van der Waals surface area (Å²) >= 11 is 1.43. The van der Waals surface area contributed by atoms with Gasteiger partial charge >= 0.3 is 5.97 Å². The number of thiazole rings is 1. The summed E-state index contributed by atoms with van der Waals surface area (Å²) in [6, 6.07) is 15.5. The zero-order valence-corrected chi connectivity index (χ0v) is 22.6. The topological polar surface area (TPSA) is 100 Å². The van der Waals surface area contributed by atoms with Crippen LogP contribution in [-0.4, -0.2) is 52.0 Å². The van der Waals surface area contributed by atoms with Gasteiger partial charge in [-0.2, -0.15) is 0 Å². The van der Waals surface area contributed by atoms with Crippen LogP contribution in [-0.2, 0) is 9.59 Å². The monoisotopic (exact) mass is 545 g/mol. The number of hydrogen-bond donors (Lipinski definition) is 1. The predicted octanol–water partition coefficient (Wildman–Crippen LogP) is 5.54. The summed E-state index contributed by atoms with van der Waals surface area (Å²) in [5, 5.41) is 9.78. The number of carbonyl (C=O) groups excluding carboxylic acids is 2. The standard InChI is InChI=1S/C30H31N3O5S/c1-38-30-31-17-25(39-30)18-6-4-7-19(16-18)29(37)33-23-10-3-2-8-21(23)28(22-9-5-11-24(22)33)32(20-12-13-20)26(34)14-15-27(35)36/h2-4,6-8,10,16-17,20,22,24,28H,5,9,11-15H2,1H3,(H,35,36). The Morgan fingerprint density at radius 2 is 1.90 bits per heavy atom. The van der Waals surface area contributed by atoms with Gasteiger partial charge in [0.2, 0.25) is 5.91 Å². The lowest BCUT2D eigenvalue weighted by atomic mass is 9.81. The van der Waals surface area contributed by atoms with Crippen molar-refractivity contribution in [3.05, 3.63) is 65.9 Å². The molecule has 1 N–H and O–H groups in total. The van der Waals surface area contributed by atoms with Crippen LogP contribution in [0.15, 0.2) is 54.7 Å². The summed E-state index contributed by atoms with van der Waals surface area (Å²) in [5.41, 5.74) is 3.34. The highest BCUT2D eigenvalue weighted by Gasteiger charge is 2.51. The third kappa shape index (κ3) is 4.80. The second-order valence-corrected chi connectivity index (χ2v) is 11.5. The van der Waals surface area contributed by atoms with Crippen molar-refractivity contribution in [2.45, 2.75) is 63.1 Å². The first-order valence-electron chi connectivity index (χ1n) is 13.5. The molecule has 8 nitrogen and oxygen atoms in total. The number of ether oxygens (including phenoxy) is 1. The molecule has 3 atom stereocenters. The summed E-state index contributed by atoms with van der Waals surface area (Å²) in [4.78, 5) is 48.0. The van der Waals surface area contributed by atoms with Gasteiger partial charge < -0.3 is 19.6 Å². The molecule has 2 aliphatic carbocycles. The van der Waals surface area contributed by atoms with Crippen LogP contribution in [0, 0.1) is 5.92 Å². The first-order chi connectivity index (χ1) is 19.0. The lowest BCUT2D eigenvalue weighted by molar-refractivity contribution is -0.142. The summed E-state index contributed by atoms with van der Waals surface area (Å²) in [6.07, 6.45) is 6.23. The summed E-state index contributed by atoms with van der Waals surface area (Å²) < 4.78 is 5.25. The fraction of sp³-hybridized carbons (Fsp3) is 0.400. The quantitative estimate of drug-likeness (QED) is 0.399. The van der Waals surface area contributed by atoms with Gasteiger partial charge in [-0.1, -0.05) is 48.1 Å². The number of methoxy groups -OCH3 is 1. The Bertz CT molecular complexity index is 1420. The van der Waals surface area contributed by atoms with E-state index in [1.165, 1.54) is 11.3 Å². The van der Waals surface area contributed by atoms with E-state index < -0.39 is 5.97 Å². The van der Waals surface area contributed by atoms with Gasteiger partial charge in [0.25, 0.3) is 11.1 Å². The highest BCUT2D eigenvalue weighted by molar-refractivity contribution is 7.16. The maximum atomic E-state index is 14.2. The normalized spacial score (nSPS) is 21.7. The fourth-order valence-corrected chi connectivity index (χ4v) is 7.08. The smallest absolute Gasteiger partial charge is 0.303 e. The molecular weight excluding hydrogens is 514 g/mol. The van der Waals surface area contributed by atoms with E-state index in [1.807, 2.05) is 58.3 Å². The number of amides is 2. The summed E-state index contributed by atoms with van der Waals surface area (Å²) in [6.45, 7) is 0. The Morgan fingerprint density at radius 3 is 2.64 bits per heavy atom. The number of hydrogen-bond acceptors (Lipinski definition) is 6. The van der Waals surface area contributed by atoms with Gasteiger partial charge in [0.05, 0.1) is 24.4 Å². The van der Waals surface area contributed by atoms with Crippen LogP contribution in [0.1, 0.15) is 66.9 Å². The summed E-state index contributed by atoms with van der Waals surface area (Å²) in [5.74, 6) is -1.01. The van der Waals surface area contributed by atoms with Crippen LogP contribution in [0.3, 0.4) is 0 Å². The molecule has 39 heavy (non-hydrogen) atoms. The second-order valence-electron chi connectivity index (χ2n) is 10.5. The molecule has 0 spiro atoms. The number of para-hydroxylation sites is 1. The molecule has 202 valence electrons. The number of benzene rings is 2. The molecule has 2 aromatic carbocycles. The van der Waals surface area contributed by atoms with E-state index in [0.717, 1.165) is 53.8 Å². The molecule has 2 heterocycles. The predicted molar refractivity (Wildman–Crippen MR) is 148 cm³/mol. The second kappa shape index (κ2) is 10.4. The van der Waals surface area contributed by atoms with E-state index in [0.29, 0.717) is 10.8 Å². The van der Waals surface area contributed by atoms with Gasteiger partial charge in [0.1, 0.15) is 0 Å². The largest absolute Gasteiger partial charge is 0.481 e. The first kappa shape index (κ1) is 25.6. The molecule has 6 rings (SSSR count). The summed E-state index contributed by atoms with van der Waals surface area (Å²) in [7, 11) is 1.59. The van der Waals surface area contributed by atoms with Crippen LogP contribution < -0.4 is 9.64 Å². The molecule has 2 saturated carbocycles. The number of rotatable bonds is 8. The van der Waals surface area contributed by atoms with Gasteiger partial charge in [-0.3, -0.25) is 14.4 Å². The number of carbonyl (C=O) groups is 3. The van der Waals surface area contributed by atoms with Crippen molar-refractivity contribution in [2.24, 2.45) is 5.92 Å². The minimum absolute atomic E-state index is 0.000311. The van der Waals surface area contributed by atoms with Gasteiger partial charge in [0, 0.05) is 41.9 Å². The van der Waals surface area contributed by atoms with Crippen LogP contribution >= 0.6 is 11.3 Å². The Kier molecular flexibility index (Phi) is 6.85. The zero-order chi connectivity index (χ0) is 27.1. The SMILES string of the molecule is COc1ncc(-c2cccc(C(=O)N3c4ccccc4C(N(C(=O)CCC(=O)O)C4CC4)C4CCCC43)c2)s1. The maximum Gasteiger partial charge on any atom is 0.303 e. The fourth-order valence-electron chi connectivity index (χ4n) is 6.35. The number of nitrogens with zero attached hydrogens (tertiary/aromatic N) is 3. The lowest BCUT2D eigenvalue weighted by Gasteiger charge is -2.48. The molecule has 9 heteroatoms. The van der Waals surface area contributed by atoms with Crippen molar-refractivity contribution in [1.82, 2.24) is 9.88 Å². The van der Waals surface area contributed by atoms with E-state index in [-0.39, 0.29) is 48.7 Å². The minimum atomic E-state index is -0.961. The van der Waals surface area contributed by atoms with E-state index in [4.69, 9.17) is 4.74 Å². The van der Waals surface area contributed by atoms with Gasteiger partial charge in [-0.15, -0.1) is 0 Å². The number of carboxylic acid groups (broad SMARTS) is 1. The maximum absolute atomic E-state index is 14.2. The van der Waals surface area contributed by atoms with Crippen LogP contribution in [0.5, 0.6) is 5.19 Å². The molecule has 2 fully saturated rings. The molecule has 3 aromatic rings. The van der Waals surface area contributed by atoms with E-state index in [2.05, 4.69) is 4.98 Å².